The van der Waals surface area contributed by atoms with E-state index in [-0.39, 0.29) is 0 Å². The zero-order valence-electron chi connectivity index (χ0n) is 7.09. The Kier molecular flexibility index (Phi) is 2.37. The van der Waals surface area contributed by atoms with Crippen LogP contribution in [0, 0.1) is 0 Å². The molecule has 1 aromatic heterocycles. The summed E-state index contributed by atoms with van der Waals surface area (Å²) in [6, 6.07) is 0. The Morgan fingerprint density at radius 1 is 1.67 bits per heavy atom. The molecule has 1 aliphatic heterocycles. The molecular formula is C8H12N2OS. The number of thioether (sulfide) groups is 1. The van der Waals surface area contributed by atoms with Crippen molar-refractivity contribution in [2.24, 2.45) is 0 Å². The molecule has 0 aliphatic carbocycles. The van der Waals surface area contributed by atoms with Gasteiger partial charge in [0.15, 0.2) is 5.76 Å². The molecule has 1 aliphatic rings. The van der Waals surface area contributed by atoms with E-state index in [9.17, 15) is 0 Å². The average molecular weight is 184 g/mol. The molecule has 0 saturated carbocycles. The van der Waals surface area contributed by atoms with Crippen LogP contribution in [0.3, 0.4) is 0 Å². The smallest absolute Gasteiger partial charge is 0.154 e. The third-order valence-electron chi connectivity index (χ3n) is 2.02. The summed E-state index contributed by atoms with van der Waals surface area (Å²) in [6.45, 7) is 0.795. The van der Waals surface area contributed by atoms with Gasteiger partial charge in [-0.05, 0) is 12.8 Å². The Bertz CT molecular complexity index is 272. The predicted octanol–water partition coefficient (Wildman–Crippen LogP) is 1.18. The van der Waals surface area contributed by atoms with Gasteiger partial charge < -0.3 is 9.84 Å². The first kappa shape index (κ1) is 8.13. The van der Waals surface area contributed by atoms with Crippen molar-refractivity contribution in [1.82, 2.24) is 10.5 Å². The van der Waals surface area contributed by atoms with Crippen LogP contribution in [-0.2, 0) is 18.7 Å². The number of aromatic nitrogens is 1. The molecular weight excluding hydrogens is 172 g/mol. The first-order chi connectivity index (χ1) is 5.92. The van der Waals surface area contributed by atoms with E-state index >= 15 is 0 Å². The summed E-state index contributed by atoms with van der Waals surface area (Å²) >= 11 is 1.95. The van der Waals surface area contributed by atoms with E-state index in [2.05, 4.69) is 10.5 Å². The molecule has 4 heteroatoms. The minimum absolute atomic E-state index is 0.795. The van der Waals surface area contributed by atoms with E-state index < -0.39 is 0 Å². The van der Waals surface area contributed by atoms with Crippen LogP contribution in [-0.4, -0.2) is 18.0 Å². The second-order valence-corrected chi connectivity index (χ2v) is 3.97. The number of rotatable bonds is 2. The van der Waals surface area contributed by atoms with Crippen LogP contribution < -0.4 is 5.32 Å². The summed E-state index contributed by atoms with van der Waals surface area (Å²) in [5, 5.41) is 7.12. The third-order valence-corrected chi connectivity index (χ3v) is 3.00. The van der Waals surface area contributed by atoms with E-state index in [1.807, 2.05) is 18.8 Å². The molecule has 0 radical (unpaired) electrons. The summed E-state index contributed by atoms with van der Waals surface area (Å²) in [5.41, 5.74) is 2.49. The summed E-state index contributed by atoms with van der Waals surface area (Å²) in [4.78, 5) is 0. The SMILES string of the molecule is CNCc1onc2c1CSCC2. The summed E-state index contributed by atoms with van der Waals surface area (Å²) in [5.74, 6) is 3.26. The van der Waals surface area contributed by atoms with Crippen molar-refractivity contribution < 1.29 is 4.52 Å². The van der Waals surface area contributed by atoms with Crippen LogP contribution in [0.2, 0.25) is 0 Å². The van der Waals surface area contributed by atoms with Crippen LogP contribution in [0.25, 0.3) is 0 Å². The average Bonchev–Trinajstić information content (AvgIpc) is 2.50. The lowest BCUT2D eigenvalue weighted by atomic mass is 10.1. The molecule has 1 aromatic rings. The van der Waals surface area contributed by atoms with Gasteiger partial charge in [0.2, 0.25) is 0 Å². The Balaban J connectivity index is 2.25. The number of fused-ring (bicyclic) bond motifs is 1. The van der Waals surface area contributed by atoms with Crippen molar-refractivity contribution in [2.75, 3.05) is 12.8 Å². The normalized spacial score (nSPS) is 16.1. The second-order valence-electron chi connectivity index (χ2n) is 2.86. The number of hydrogen-bond donors (Lipinski definition) is 1. The predicted molar refractivity (Wildman–Crippen MR) is 49.1 cm³/mol. The van der Waals surface area contributed by atoms with Crippen molar-refractivity contribution in [1.29, 1.82) is 0 Å². The van der Waals surface area contributed by atoms with Crippen LogP contribution in [0.5, 0.6) is 0 Å². The van der Waals surface area contributed by atoms with Gasteiger partial charge in [0.05, 0.1) is 12.2 Å². The molecule has 0 bridgehead atoms. The highest BCUT2D eigenvalue weighted by Gasteiger charge is 2.18. The topological polar surface area (TPSA) is 38.1 Å². The number of hydrogen-bond acceptors (Lipinski definition) is 4. The highest BCUT2D eigenvalue weighted by Crippen LogP contribution is 2.26. The van der Waals surface area contributed by atoms with Gasteiger partial charge in [-0.2, -0.15) is 11.8 Å². The molecule has 2 heterocycles. The molecule has 12 heavy (non-hydrogen) atoms. The molecule has 2 rings (SSSR count). The lowest BCUT2D eigenvalue weighted by Crippen LogP contribution is -2.08. The summed E-state index contributed by atoms with van der Waals surface area (Å²) < 4.78 is 5.23. The van der Waals surface area contributed by atoms with E-state index in [4.69, 9.17) is 4.52 Å². The van der Waals surface area contributed by atoms with Crippen LogP contribution in [0.4, 0.5) is 0 Å². The highest BCUT2D eigenvalue weighted by atomic mass is 32.2. The van der Waals surface area contributed by atoms with E-state index in [1.165, 1.54) is 17.0 Å². The molecule has 0 amide bonds. The minimum atomic E-state index is 0.795. The molecule has 3 nitrogen and oxygen atoms in total. The Labute approximate surface area is 75.9 Å². The van der Waals surface area contributed by atoms with Gasteiger partial charge in [0.25, 0.3) is 0 Å². The Morgan fingerprint density at radius 2 is 2.58 bits per heavy atom. The van der Waals surface area contributed by atoms with Crippen molar-refractivity contribution >= 4 is 11.8 Å². The summed E-state index contributed by atoms with van der Waals surface area (Å²) in [6.07, 6.45) is 1.06. The third kappa shape index (κ3) is 1.36. The maximum absolute atomic E-state index is 5.23. The molecule has 0 aromatic carbocycles. The number of nitrogens with zero attached hydrogens (tertiary/aromatic N) is 1. The van der Waals surface area contributed by atoms with Crippen LogP contribution in [0.1, 0.15) is 17.0 Å². The van der Waals surface area contributed by atoms with Crippen molar-refractivity contribution in [3.8, 4) is 0 Å². The van der Waals surface area contributed by atoms with Gasteiger partial charge in [0.1, 0.15) is 0 Å². The van der Waals surface area contributed by atoms with E-state index in [1.54, 1.807) is 0 Å². The Morgan fingerprint density at radius 3 is 3.42 bits per heavy atom. The lowest BCUT2D eigenvalue weighted by Gasteiger charge is -2.08. The van der Waals surface area contributed by atoms with Gasteiger partial charge in [-0.3, -0.25) is 0 Å². The van der Waals surface area contributed by atoms with E-state index in [0.29, 0.717) is 0 Å². The maximum Gasteiger partial charge on any atom is 0.154 e. The molecule has 0 unspecified atom stereocenters. The quantitative estimate of drug-likeness (QED) is 0.749. The molecule has 0 saturated heterocycles. The van der Waals surface area contributed by atoms with Gasteiger partial charge in [-0.15, -0.1) is 0 Å². The van der Waals surface area contributed by atoms with E-state index in [0.717, 1.165) is 24.5 Å². The lowest BCUT2D eigenvalue weighted by molar-refractivity contribution is 0.371. The molecule has 66 valence electrons. The fourth-order valence-electron chi connectivity index (χ4n) is 1.38. The van der Waals surface area contributed by atoms with Crippen LogP contribution >= 0.6 is 11.8 Å². The molecule has 0 fully saturated rings. The van der Waals surface area contributed by atoms with Crippen molar-refractivity contribution in [2.45, 2.75) is 18.7 Å². The summed E-state index contributed by atoms with van der Waals surface area (Å²) in [7, 11) is 1.92. The fourth-order valence-corrected chi connectivity index (χ4v) is 2.40. The molecule has 0 atom stereocenters. The zero-order chi connectivity index (χ0) is 8.39. The van der Waals surface area contributed by atoms with Gasteiger partial charge in [-0.1, -0.05) is 5.16 Å². The number of aryl methyl sites for hydroxylation is 1. The maximum atomic E-state index is 5.23. The van der Waals surface area contributed by atoms with Gasteiger partial charge >= 0.3 is 0 Å². The fraction of sp³-hybridized carbons (Fsp3) is 0.625. The number of nitrogens with one attached hydrogen (secondary N) is 1. The first-order valence-electron chi connectivity index (χ1n) is 4.10. The van der Waals surface area contributed by atoms with Crippen molar-refractivity contribution in [3.63, 3.8) is 0 Å². The van der Waals surface area contributed by atoms with Gasteiger partial charge in [0, 0.05) is 17.7 Å². The Hall–Kier alpha value is -0.480. The first-order valence-corrected chi connectivity index (χ1v) is 5.26. The molecule has 1 N–H and O–H groups in total. The minimum Gasteiger partial charge on any atom is -0.359 e. The van der Waals surface area contributed by atoms with Crippen LogP contribution in [0.15, 0.2) is 4.52 Å². The zero-order valence-corrected chi connectivity index (χ0v) is 7.91. The highest BCUT2D eigenvalue weighted by molar-refractivity contribution is 7.98. The van der Waals surface area contributed by atoms with Gasteiger partial charge in [-0.25, -0.2) is 0 Å². The second kappa shape index (κ2) is 3.49. The van der Waals surface area contributed by atoms with Crippen molar-refractivity contribution in [3.05, 3.63) is 17.0 Å². The standard InChI is InChI=1S/C8H12N2OS/c1-9-4-8-6-5-12-3-2-7(6)10-11-8/h9H,2-5H2,1H3. The molecule has 0 spiro atoms. The monoisotopic (exact) mass is 184 g/mol. The largest absolute Gasteiger partial charge is 0.359 e.